The number of carboxylic acids is 1. The molecule has 2 unspecified atom stereocenters. The number of thioether (sulfide) groups is 2. The summed E-state index contributed by atoms with van der Waals surface area (Å²) >= 11 is 3.65. The maximum absolute atomic E-state index is 10.7. The average Bonchev–Trinajstić information content (AvgIpc) is 2.68. The number of carboxylic acid groups (broad SMARTS) is 1. The predicted octanol–water partition coefficient (Wildman–Crippen LogP) is 6.26. The Morgan fingerprint density at radius 3 is 2.19 bits per heavy atom. The highest BCUT2D eigenvalue weighted by Crippen LogP contribution is 2.27. The Morgan fingerprint density at radius 1 is 0.962 bits per heavy atom. The molecule has 4 heteroatoms. The van der Waals surface area contributed by atoms with Crippen LogP contribution >= 0.6 is 23.5 Å². The van der Waals surface area contributed by atoms with Gasteiger partial charge in [0.15, 0.2) is 0 Å². The Balaban J connectivity index is 1.81. The van der Waals surface area contributed by atoms with Crippen molar-refractivity contribution in [1.29, 1.82) is 0 Å². The Bertz CT molecular complexity index is 652. The highest BCUT2D eigenvalue weighted by molar-refractivity contribution is 7.99. The minimum absolute atomic E-state index is 0.141. The van der Waals surface area contributed by atoms with E-state index in [1.54, 1.807) is 0 Å². The number of aliphatic carboxylic acids is 1. The largest absolute Gasteiger partial charge is 0.481 e. The van der Waals surface area contributed by atoms with Crippen molar-refractivity contribution in [3.05, 3.63) is 71.8 Å². The average molecular weight is 390 g/mol. The summed E-state index contributed by atoms with van der Waals surface area (Å²) in [7, 11) is 0. The van der Waals surface area contributed by atoms with E-state index in [0.717, 1.165) is 30.1 Å². The number of carbonyl (C=O) groups is 1. The summed E-state index contributed by atoms with van der Waals surface area (Å²) < 4.78 is 8.62. The summed E-state index contributed by atoms with van der Waals surface area (Å²) in [6.45, 7) is 0. The van der Waals surface area contributed by atoms with E-state index in [9.17, 15) is 4.79 Å². The van der Waals surface area contributed by atoms with Crippen molar-refractivity contribution in [1.82, 2.24) is 0 Å². The molecule has 2 aromatic rings. The summed E-state index contributed by atoms with van der Waals surface area (Å²) in [5.74, 6) is 1.92. The molecule has 0 fully saturated rings. The van der Waals surface area contributed by atoms with Gasteiger partial charge in [0.1, 0.15) is 0 Å². The molecule has 0 saturated carbocycles. The third-order valence-corrected chi connectivity index (χ3v) is 6.35. The summed E-state index contributed by atoms with van der Waals surface area (Å²) in [5.41, 5.74) is 2.58. The fourth-order valence-corrected chi connectivity index (χ4v) is 4.80. The lowest BCUT2D eigenvalue weighted by Gasteiger charge is -2.16. The lowest BCUT2D eigenvalue weighted by Crippen LogP contribution is -2.06. The van der Waals surface area contributed by atoms with Gasteiger partial charge in [-0.1, -0.05) is 67.1 Å². The smallest absolute Gasteiger partial charge is 0.303 e. The third-order valence-electron chi connectivity index (χ3n) is 4.02. The predicted molar refractivity (Wildman–Crippen MR) is 115 cm³/mol. The zero-order valence-electron chi connectivity index (χ0n) is 16.0. The van der Waals surface area contributed by atoms with Crippen molar-refractivity contribution in [2.75, 3.05) is 5.75 Å². The van der Waals surface area contributed by atoms with Gasteiger partial charge in [-0.15, -0.1) is 0 Å². The highest BCUT2D eigenvalue weighted by Gasteiger charge is 2.10. The van der Waals surface area contributed by atoms with E-state index in [4.69, 9.17) is 6.48 Å². The van der Waals surface area contributed by atoms with Gasteiger partial charge in [-0.05, 0) is 36.1 Å². The van der Waals surface area contributed by atoms with Crippen LogP contribution in [0, 0.1) is 0 Å². The molecule has 2 aromatic carbocycles. The quantitative estimate of drug-likeness (QED) is 0.410. The fraction of sp³-hybridized carbons (Fsp3) is 0.409. The zero-order chi connectivity index (χ0) is 19.3. The van der Waals surface area contributed by atoms with Crippen molar-refractivity contribution in [3.8, 4) is 0 Å². The van der Waals surface area contributed by atoms with Crippen LogP contribution in [0.5, 0.6) is 0 Å². The highest BCUT2D eigenvalue weighted by atomic mass is 32.2. The van der Waals surface area contributed by atoms with E-state index in [1.807, 2.05) is 47.8 Å². The molecule has 0 aliphatic heterocycles. The van der Waals surface area contributed by atoms with Gasteiger partial charge in [0.2, 0.25) is 0 Å². The lowest BCUT2D eigenvalue weighted by atomic mass is 10.1. The molecule has 2 nitrogen and oxygen atoms in total. The van der Waals surface area contributed by atoms with Crippen LogP contribution in [0.25, 0.3) is 0 Å². The molecule has 0 saturated heterocycles. The molecule has 0 amide bonds. The zero-order valence-corrected chi connectivity index (χ0v) is 16.7. The molecular weight excluding hydrogens is 360 g/mol. The van der Waals surface area contributed by atoms with E-state index in [-0.39, 0.29) is 18.1 Å². The van der Waals surface area contributed by atoms with Crippen molar-refractivity contribution in [2.24, 2.45) is 0 Å². The van der Waals surface area contributed by atoms with E-state index in [1.165, 1.54) is 11.1 Å². The summed E-state index contributed by atoms with van der Waals surface area (Å²) in [6.07, 6.45) is 2.56. The summed E-state index contributed by atoms with van der Waals surface area (Å²) in [6, 6.07) is 20.7. The first kappa shape index (κ1) is 19.4. The first-order chi connectivity index (χ1) is 13.1. The van der Waals surface area contributed by atoms with Crippen LogP contribution in [0.3, 0.4) is 0 Å². The van der Waals surface area contributed by atoms with Crippen LogP contribution in [0.15, 0.2) is 60.7 Å². The molecule has 0 radical (unpaired) electrons. The van der Waals surface area contributed by atoms with Crippen LogP contribution in [-0.4, -0.2) is 22.1 Å². The SMILES string of the molecule is [2H]C(CSCc1ccccc1)C(CCCCC(=O)O)SCc1ccccc1. The lowest BCUT2D eigenvalue weighted by molar-refractivity contribution is -0.137. The molecule has 0 bridgehead atoms. The van der Waals surface area contributed by atoms with Crippen LogP contribution in [-0.2, 0) is 16.3 Å². The van der Waals surface area contributed by atoms with Gasteiger partial charge in [0, 0.05) is 24.5 Å². The third kappa shape index (κ3) is 9.35. The molecule has 0 aliphatic carbocycles. The molecule has 0 aromatic heterocycles. The van der Waals surface area contributed by atoms with Crippen LogP contribution < -0.4 is 0 Å². The molecule has 140 valence electrons. The van der Waals surface area contributed by atoms with Gasteiger partial charge in [-0.2, -0.15) is 23.5 Å². The van der Waals surface area contributed by atoms with Crippen molar-refractivity contribution >= 4 is 29.5 Å². The summed E-state index contributed by atoms with van der Waals surface area (Å²) in [5, 5.41) is 9.06. The van der Waals surface area contributed by atoms with E-state index in [0.29, 0.717) is 6.42 Å². The summed E-state index contributed by atoms with van der Waals surface area (Å²) in [4.78, 5) is 10.7. The number of rotatable bonds is 13. The van der Waals surface area contributed by atoms with E-state index >= 15 is 0 Å². The molecule has 0 aliphatic rings. The molecule has 26 heavy (non-hydrogen) atoms. The molecule has 2 rings (SSSR count). The molecule has 1 N–H and O–H groups in total. The van der Waals surface area contributed by atoms with Gasteiger partial charge < -0.3 is 5.11 Å². The van der Waals surface area contributed by atoms with E-state index < -0.39 is 5.97 Å². The standard InChI is InChI=1S/C22H28O2S2/c23-22(24)14-8-7-13-21(26-18-20-11-5-2-6-12-20)15-16-25-17-19-9-3-1-4-10-19/h1-6,9-12,21H,7-8,13-18H2,(H,23,24)/i15D. The molecule has 2 atom stereocenters. The fourth-order valence-electron chi connectivity index (χ4n) is 2.59. The Labute approximate surface area is 167 Å². The Kier molecular flexibility index (Phi) is 9.60. The topological polar surface area (TPSA) is 37.3 Å². The molecule has 0 heterocycles. The van der Waals surface area contributed by atoms with E-state index in [2.05, 4.69) is 36.4 Å². The second-order valence-electron chi connectivity index (χ2n) is 6.21. The monoisotopic (exact) mass is 389 g/mol. The van der Waals surface area contributed by atoms with Gasteiger partial charge >= 0.3 is 5.97 Å². The molecular formula is C22H28O2S2. The van der Waals surface area contributed by atoms with Crippen molar-refractivity contribution < 1.29 is 11.3 Å². The number of hydrogen-bond donors (Lipinski definition) is 1. The Morgan fingerprint density at radius 2 is 1.58 bits per heavy atom. The number of benzene rings is 2. The van der Waals surface area contributed by atoms with Crippen molar-refractivity contribution in [2.45, 2.75) is 48.8 Å². The first-order valence-corrected chi connectivity index (χ1v) is 11.3. The molecule has 0 spiro atoms. The van der Waals surface area contributed by atoms with Crippen LogP contribution in [0.1, 0.15) is 44.6 Å². The minimum Gasteiger partial charge on any atom is -0.481 e. The maximum atomic E-state index is 10.7. The van der Waals surface area contributed by atoms with Gasteiger partial charge in [0.05, 0.1) is 0 Å². The number of hydrogen-bond acceptors (Lipinski definition) is 3. The van der Waals surface area contributed by atoms with Crippen molar-refractivity contribution in [3.63, 3.8) is 0 Å². The van der Waals surface area contributed by atoms with Crippen LogP contribution in [0.4, 0.5) is 0 Å². The normalized spacial score (nSPS) is 13.8. The number of unbranched alkanes of at least 4 members (excludes halogenated alkanes) is 1. The Hall–Kier alpha value is -1.39. The minimum atomic E-state index is -0.732. The first-order valence-electron chi connectivity index (χ1n) is 9.64. The van der Waals surface area contributed by atoms with Crippen LogP contribution in [0.2, 0.25) is 0 Å². The van der Waals surface area contributed by atoms with Gasteiger partial charge in [-0.3, -0.25) is 4.79 Å². The van der Waals surface area contributed by atoms with Gasteiger partial charge in [-0.25, -0.2) is 0 Å². The van der Waals surface area contributed by atoms with Gasteiger partial charge in [0.25, 0.3) is 0 Å². The second-order valence-corrected chi connectivity index (χ2v) is 8.47. The second kappa shape index (κ2) is 12.9. The maximum Gasteiger partial charge on any atom is 0.303 e.